The van der Waals surface area contributed by atoms with Gasteiger partial charge in [-0.2, -0.15) is 4.98 Å². The van der Waals surface area contributed by atoms with E-state index in [1.165, 1.54) is 19.2 Å². The topological polar surface area (TPSA) is 103 Å². The summed E-state index contributed by atoms with van der Waals surface area (Å²) in [6.07, 6.45) is 0. The molecule has 0 saturated carbocycles. The van der Waals surface area contributed by atoms with Gasteiger partial charge in [0.1, 0.15) is 28.9 Å². The Morgan fingerprint density at radius 1 is 1.24 bits per heavy atom. The van der Waals surface area contributed by atoms with E-state index in [4.69, 9.17) is 25.8 Å². The van der Waals surface area contributed by atoms with E-state index in [2.05, 4.69) is 19.6 Å². The summed E-state index contributed by atoms with van der Waals surface area (Å²) in [5.74, 6) is 1.94. The van der Waals surface area contributed by atoms with Crippen LogP contribution in [0.15, 0.2) is 29.2 Å². The van der Waals surface area contributed by atoms with Crippen molar-refractivity contribution in [1.29, 1.82) is 0 Å². The van der Waals surface area contributed by atoms with Crippen molar-refractivity contribution in [3.05, 3.63) is 35.1 Å². The van der Waals surface area contributed by atoms with Gasteiger partial charge in [-0.1, -0.05) is 11.6 Å². The van der Waals surface area contributed by atoms with Crippen LogP contribution in [-0.2, 0) is 14.8 Å². The molecule has 0 bridgehead atoms. The van der Waals surface area contributed by atoms with E-state index >= 15 is 0 Å². The quantitative estimate of drug-likeness (QED) is 0.615. The molecule has 2 heterocycles. The molecule has 0 radical (unpaired) electrons. The van der Waals surface area contributed by atoms with Crippen LogP contribution in [0.2, 0.25) is 5.02 Å². The molecular weight excluding hydrogens is 420 g/mol. The maximum absolute atomic E-state index is 12.5. The van der Waals surface area contributed by atoms with Crippen LogP contribution in [0, 0.1) is 6.92 Å². The minimum atomic E-state index is -3.81. The van der Waals surface area contributed by atoms with Crippen LogP contribution in [0.1, 0.15) is 5.82 Å². The number of methoxy groups -OCH3 is 1. The molecule has 158 valence electrons. The second-order valence-electron chi connectivity index (χ2n) is 6.25. The van der Waals surface area contributed by atoms with Crippen molar-refractivity contribution >= 4 is 27.4 Å². The zero-order valence-electron chi connectivity index (χ0n) is 16.2. The number of benzene rings is 1. The number of sulfonamides is 1. The van der Waals surface area contributed by atoms with Gasteiger partial charge in [0.15, 0.2) is 0 Å². The van der Waals surface area contributed by atoms with Gasteiger partial charge < -0.3 is 19.1 Å². The number of aromatic nitrogens is 2. The number of nitrogens with zero attached hydrogens (tertiary/aromatic N) is 3. The first-order valence-corrected chi connectivity index (χ1v) is 10.9. The third-order valence-corrected chi connectivity index (χ3v) is 5.91. The van der Waals surface area contributed by atoms with E-state index in [0.717, 1.165) is 18.9 Å². The average Bonchev–Trinajstić information content (AvgIpc) is 2.71. The minimum absolute atomic E-state index is 0.0278. The maximum atomic E-state index is 12.5. The summed E-state index contributed by atoms with van der Waals surface area (Å²) in [6, 6.07) is 6.15. The van der Waals surface area contributed by atoms with Gasteiger partial charge in [0, 0.05) is 30.7 Å². The summed E-state index contributed by atoms with van der Waals surface area (Å²) in [5, 5.41) is 0.300. The van der Waals surface area contributed by atoms with Crippen molar-refractivity contribution in [2.24, 2.45) is 0 Å². The number of aryl methyl sites for hydroxylation is 1. The molecule has 0 atom stereocenters. The van der Waals surface area contributed by atoms with Gasteiger partial charge in [-0.25, -0.2) is 18.1 Å². The number of nitrogens with one attached hydrogen (secondary N) is 1. The van der Waals surface area contributed by atoms with E-state index in [1.54, 1.807) is 19.1 Å². The highest BCUT2D eigenvalue weighted by Gasteiger charge is 2.20. The molecule has 9 nitrogen and oxygen atoms in total. The SMILES string of the molecule is COc1ccc(Cl)cc1S(=O)(=O)NCCOc1cc(N2CCOCC2)nc(C)n1. The molecule has 11 heteroatoms. The molecule has 1 saturated heterocycles. The molecule has 1 aliphatic heterocycles. The van der Waals surface area contributed by atoms with Crippen LogP contribution >= 0.6 is 11.6 Å². The molecule has 1 aromatic heterocycles. The first-order valence-electron chi connectivity index (χ1n) is 9.03. The fraction of sp³-hybridized carbons (Fsp3) is 0.444. The standard InChI is InChI=1S/C18H23ClN4O5S/c1-13-21-17(23-6-9-27-10-7-23)12-18(22-13)28-8-5-20-29(24,25)16-11-14(19)3-4-15(16)26-2/h3-4,11-12,20H,5-10H2,1-2H3. The molecule has 2 aromatic rings. The predicted molar refractivity (Wildman–Crippen MR) is 108 cm³/mol. The smallest absolute Gasteiger partial charge is 0.244 e. The zero-order chi connectivity index (χ0) is 20.9. The Balaban J connectivity index is 1.60. The highest BCUT2D eigenvalue weighted by molar-refractivity contribution is 7.89. The van der Waals surface area contributed by atoms with Crippen molar-refractivity contribution in [1.82, 2.24) is 14.7 Å². The number of halogens is 1. The van der Waals surface area contributed by atoms with E-state index < -0.39 is 10.0 Å². The predicted octanol–water partition coefficient (Wildman–Crippen LogP) is 1.64. The minimum Gasteiger partial charge on any atom is -0.495 e. The summed E-state index contributed by atoms with van der Waals surface area (Å²) in [7, 11) is -2.41. The summed E-state index contributed by atoms with van der Waals surface area (Å²) in [5.41, 5.74) is 0. The Morgan fingerprint density at radius 3 is 2.72 bits per heavy atom. The van der Waals surface area contributed by atoms with Crippen LogP contribution in [0.4, 0.5) is 5.82 Å². The molecule has 0 amide bonds. The van der Waals surface area contributed by atoms with Crippen LogP contribution in [0.5, 0.6) is 11.6 Å². The van der Waals surface area contributed by atoms with E-state index in [0.29, 0.717) is 29.9 Å². The molecule has 1 aromatic carbocycles. The fourth-order valence-corrected chi connectivity index (χ4v) is 4.27. The monoisotopic (exact) mass is 442 g/mol. The third-order valence-electron chi connectivity index (χ3n) is 4.20. The fourth-order valence-electron chi connectivity index (χ4n) is 2.82. The van der Waals surface area contributed by atoms with Gasteiger partial charge in [-0.05, 0) is 25.1 Å². The lowest BCUT2D eigenvalue weighted by Gasteiger charge is -2.28. The van der Waals surface area contributed by atoms with E-state index in [1.807, 2.05) is 0 Å². The van der Waals surface area contributed by atoms with Crippen molar-refractivity contribution in [3.8, 4) is 11.6 Å². The Morgan fingerprint density at radius 2 is 2.00 bits per heavy atom. The van der Waals surface area contributed by atoms with Gasteiger partial charge >= 0.3 is 0 Å². The number of ether oxygens (including phenoxy) is 3. The van der Waals surface area contributed by atoms with Crippen molar-refractivity contribution in [2.75, 3.05) is 51.5 Å². The lowest BCUT2D eigenvalue weighted by Crippen LogP contribution is -2.37. The molecule has 1 fully saturated rings. The summed E-state index contributed by atoms with van der Waals surface area (Å²) in [4.78, 5) is 10.8. The highest BCUT2D eigenvalue weighted by Crippen LogP contribution is 2.26. The van der Waals surface area contributed by atoms with Gasteiger partial charge in [-0.15, -0.1) is 0 Å². The number of anilines is 1. The molecule has 0 unspecified atom stereocenters. The average molecular weight is 443 g/mol. The Labute approximate surface area is 175 Å². The normalized spacial score (nSPS) is 14.7. The van der Waals surface area contributed by atoms with Crippen molar-refractivity contribution in [3.63, 3.8) is 0 Å². The van der Waals surface area contributed by atoms with Gasteiger partial charge in [0.05, 0.1) is 20.3 Å². The Bertz CT molecular complexity index is 951. The summed E-state index contributed by atoms with van der Waals surface area (Å²) >= 11 is 5.92. The zero-order valence-corrected chi connectivity index (χ0v) is 17.8. The van der Waals surface area contributed by atoms with Crippen LogP contribution in [-0.4, -0.2) is 65.0 Å². The molecule has 29 heavy (non-hydrogen) atoms. The van der Waals surface area contributed by atoms with Gasteiger partial charge in [0.25, 0.3) is 0 Å². The summed E-state index contributed by atoms with van der Waals surface area (Å²) in [6.45, 7) is 4.72. The lowest BCUT2D eigenvalue weighted by molar-refractivity contribution is 0.122. The van der Waals surface area contributed by atoms with Gasteiger partial charge in [-0.3, -0.25) is 0 Å². The van der Waals surface area contributed by atoms with Crippen LogP contribution in [0.25, 0.3) is 0 Å². The van der Waals surface area contributed by atoms with E-state index in [-0.39, 0.29) is 23.8 Å². The Kier molecular flexibility index (Phi) is 7.12. The second kappa shape index (κ2) is 9.57. The molecular formula is C18H23ClN4O5S. The molecule has 1 N–H and O–H groups in total. The number of morpholine rings is 1. The molecule has 0 spiro atoms. The maximum Gasteiger partial charge on any atom is 0.244 e. The van der Waals surface area contributed by atoms with E-state index in [9.17, 15) is 8.42 Å². The number of hydrogen-bond donors (Lipinski definition) is 1. The van der Waals surface area contributed by atoms with Crippen molar-refractivity contribution < 1.29 is 22.6 Å². The largest absolute Gasteiger partial charge is 0.495 e. The molecule has 1 aliphatic rings. The first kappa shape index (κ1) is 21.6. The second-order valence-corrected chi connectivity index (χ2v) is 8.42. The lowest BCUT2D eigenvalue weighted by atomic mass is 10.3. The Hall–Kier alpha value is -2.14. The van der Waals surface area contributed by atoms with Crippen LogP contribution < -0.4 is 19.1 Å². The van der Waals surface area contributed by atoms with Crippen LogP contribution in [0.3, 0.4) is 0 Å². The highest BCUT2D eigenvalue weighted by atomic mass is 35.5. The number of rotatable bonds is 8. The molecule has 3 rings (SSSR count). The number of hydrogen-bond acceptors (Lipinski definition) is 8. The first-order chi connectivity index (χ1) is 13.9. The summed E-state index contributed by atoms with van der Waals surface area (Å²) < 4.78 is 43.7. The molecule has 0 aliphatic carbocycles. The van der Waals surface area contributed by atoms with Crippen molar-refractivity contribution in [2.45, 2.75) is 11.8 Å². The third kappa shape index (κ3) is 5.69. The van der Waals surface area contributed by atoms with Gasteiger partial charge in [0.2, 0.25) is 15.9 Å².